The molecule has 0 bridgehead atoms. The Kier molecular flexibility index (Phi) is 9.84. The van der Waals surface area contributed by atoms with Gasteiger partial charge in [-0.2, -0.15) is 0 Å². The van der Waals surface area contributed by atoms with Crippen LogP contribution in [-0.2, 0) is 32.7 Å². The lowest BCUT2D eigenvalue weighted by Gasteiger charge is -2.16. The van der Waals surface area contributed by atoms with Crippen LogP contribution in [0, 0.1) is 0 Å². The summed E-state index contributed by atoms with van der Waals surface area (Å²) < 4.78 is 25.4. The van der Waals surface area contributed by atoms with Gasteiger partial charge in [-0.05, 0) is 13.8 Å². The van der Waals surface area contributed by atoms with E-state index < -0.39 is 19.9 Å². The third-order valence-electron chi connectivity index (χ3n) is 2.22. The molecule has 0 aromatic rings. The second kappa shape index (κ2) is 10.4. The smallest absolute Gasteiger partial charge is 0.460 e. The van der Waals surface area contributed by atoms with Crippen molar-refractivity contribution >= 4 is 25.5 Å². The average Bonchev–Trinajstić information content (AvgIpc) is 2.38. The van der Waals surface area contributed by atoms with Gasteiger partial charge < -0.3 is 19.7 Å². The van der Waals surface area contributed by atoms with Gasteiger partial charge in [-0.15, -0.1) is 0 Å². The third kappa shape index (κ3) is 12.5. The lowest BCUT2D eigenvalue weighted by molar-refractivity contribution is -0.147. The fourth-order valence-corrected chi connectivity index (χ4v) is 2.08. The lowest BCUT2D eigenvalue weighted by atomic mass is 10.2. The number of rotatable bonds is 11. The Morgan fingerprint density at radius 3 is 2.36 bits per heavy atom. The maximum absolute atomic E-state index is 11.5. The van der Waals surface area contributed by atoms with E-state index in [4.69, 9.17) is 4.74 Å². The van der Waals surface area contributed by atoms with E-state index in [9.17, 15) is 23.8 Å². The SMILES string of the molecule is CC(=O)CCC(=O)NCCOP(=O)(O)OCC(C)OC(C)=O. The molecular formula is C12H22NO8P. The molecule has 0 aliphatic rings. The van der Waals surface area contributed by atoms with Crippen LogP contribution in [0.3, 0.4) is 0 Å². The molecule has 10 heteroatoms. The van der Waals surface area contributed by atoms with Crippen molar-refractivity contribution < 1.29 is 37.6 Å². The van der Waals surface area contributed by atoms with Crippen LogP contribution in [-0.4, -0.2) is 48.4 Å². The Labute approximate surface area is 128 Å². The molecule has 2 N–H and O–H groups in total. The van der Waals surface area contributed by atoms with E-state index in [0.29, 0.717) is 0 Å². The topological polar surface area (TPSA) is 128 Å². The highest BCUT2D eigenvalue weighted by molar-refractivity contribution is 7.47. The molecule has 0 heterocycles. The van der Waals surface area contributed by atoms with E-state index in [1.807, 2.05) is 0 Å². The molecule has 0 radical (unpaired) electrons. The molecule has 0 spiro atoms. The van der Waals surface area contributed by atoms with E-state index >= 15 is 0 Å². The number of esters is 1. The van der Waals surface area contributed by atoms with Crippen LogP contribution in [0.25, 0.3) is 0 Å². The Hall–Kier alpha value is -1.28. The molecule has 0 aromatic heterocycles. The minimum atomic E-state index is -4.28. The molecule has 9 nitrogen and oxygen atoms in total. The number of ketones is 1. The molecule has 2 unspecified atom stereocenters. The van der Waals surface area contributed by atoms with Crippen molar-refractivity contribution in [1.29, 1.82) is 0 Å². The highest BCUT2D eigenvalue weighted by Crippen LogP contribution is 2.42. The fourth-order valence-electron chi connectivity index (χ4n) is 1.28. The summed E-state index contributed by atoms with van der Waals surface area (Å²) in [5.41, 5.74) is 0. The molecule has 0 saturated carbocycles. The molecule has 0 saturated heterocycles. The van der Waals surface area contributed by atoms with E-state index in [-0.39, 0.29) is 44.3 Å². The summed E-state index contributed by atoms with van der Waals surface area (Å²) in [4.78, 5) is 41.9. The van der Waals surface area contributed by atoms with Crippen molar-refractivity contribution in [3.05, 3.63) is 0 Å². The number of phosphoric acid groups is 1. The first-order valence-corrected chi connectivity index (χ1v) is 8.17. The number of hydrogen-bond acceptors (Lipinski definition) is 7. The highest BCUT2D eigenvalue weighted by Gasteiger charge is 2.22. The molecule has 0 rings (SSSR count). The van der Waals surface area contributed by atoms with Gasteiger partial charge in [0.05, 0.1) is 13.2 Å². The Morgan fingerprint density at radius 2 is 1.82 bits per heavy atom. The predicted octanol–water partition coefficient (Wildman–Crippen LogP) is 0.557. The highest BCUT2D eigenvalue weighted by atomic mass is 31.2. The van der Waals surface area contributed by atoms with Gasteiger partial charge in [0, 0.05) is 26.3 Å². The number of carbonyl (C=O) groups is 3. The van der Waals surface area contributed by atoms with Crippen molar-refractivity contribution in [2.24, 2.45) is 0 Å². The fraction of sp³-hybridized carbons (Fsp3) is 0.750. The van der Waals surface area contributed by atoms with Crippen molar-refractivity contribution in [3.63, 3.8) is 0 Å². The number of Topliss-reactive ketones (excluding diaryl/α,β-unsaturated/α-hetero) is 1. The molecule has 0 aromatic carbocycles. The molecular weight excluding hydrogens is 317 g/mol. The minimum Gasteiger partial charge on any atom is -0.460 e. The van der Waals surface area contributed by atoms with E-state index in [1.54, 1.807) is 0 Å². The quantitative estimate of drug-likeness (QED) is 0.317. The molecule has 22 heavy (non-hydrogen) atoms. The number of nitrogens with one attached hydrogen (secondary N) is 1. The second-order valence-electron chi connectivity index (χ2n) is 4.57. The Balaban J connectivity index is 3.84. The van der Waals surface area contributed by atoms with Crippen molar-refractivity contribution in [1.82, 2.24) is 5.32 Å². The first kappa shape index (κ1) is 20.7. The van der Waals surface area contributed by atoms with Gasteiger partial charge in [0.1, 0.15) is 11.9 Å². The van der Waals surface area contributed by atoms with Gasteiger partial charge >= 0.3 is 13.8 Å². The summed E-state index contributed by atoms with van der Waals surface area (Å²) in [7, 11) is -4.28. The van der Waals surface area contributed by atoms with Crippen LogP contribution in [0.15, 0.2) is 0 Å². The zero-order valence-electron chi connectivity index (χ0n) is 12.9. The van der Waals surface area contributed by atoms with E-state index in [1.165, 1.54) is 20.8 Å². The number of carbonyl (C=O) groups excluding carboxylic acids is 3. The van der Waals surface area contributed by atoms with Crippen LogP contribution in [0.1, 0.15) is 33.6 Å². The van der Waals surface area contributed by atoms with Crippen molar-refractivity contribution in [2.75, 3.05) is 19.8 Å². The summed E-state index contributed by atoms with van der Waals surface area (Å²) in [6, 6.07) is 0. The number of phosphoric ester groups is 1. The van der Waals surface area contributed by atoms with Crippen LogP contribution in [0.2, 0.25) is 0 Å². The summed E-state index contributed by atoms with van der Waals surface area (Å²) >= 11 is 0. The van der Waals surface area contributed by atoms with E-state index in [0.717, 1.165) is 0 Å². The third-order valence-corrected chi connectivity index (χ3v) is 3.21. The van der Waals surface area contributed by atoms with Gasteiger partial charge in [0.25, 0.3) is 0 Å². The molecule has 0 aliphatic carbocycles. The van der Waals surface area contributed by atoms with Crippen LogP contribution in [0.5, 0.6) is 0 Å². The monoisotopic (exact) mass is 339 g/mol. The number of hydrogen-bond donors (Lipinski definition) is 2. The van der Waals surface area contributed by atoms with Gasteiger partial charge in [-0.25, -0.2) is 4.57 Å². The zero-order valence-corrected chi connectivity index (χ0v) is 13.8. The van der Waals surface area contributed by atoms with Gasteiger partial charge in [-0.3, -0.25) is 18.6 Å². The normalized spacial score (nSPS) is 14.7. The molecule has 128 valence electrons. The maximum Gasteiger partial charge on any atom is 0.472 e. The van der Waals surface area contributed by atoms with Crippen LogP contribution >= 0.6 is 7.82 Å². The van der Waals surface area contributed by atoms with Crippen LogP contribution in [0.4, 0.5) is 0 Å². The summed E-state index contributed by atoms with van der Waals surface area (Å²) in [5.74, 6) is -0.976. The first-order valence-electron chi connectivity index (χ1n) is 6.67. The summed E-state index contributed by atoms with van der Waals surface area (Å²) in [6.07, 6.45) is -0.488. The van der Waals surface area contributed by atoms with E-state index in [2.05, 4.69) is 14.4 Å². The van der Waals surface area contributed by atoms with Crippen molar-refractivity contribution in [2.45, 2.75) is 39.7 Å². The lowest BCUT2D eigenvalue weighted by Crippen LogP contribution is -2.27. The zero-order chi connectivity index (χ0) is 17.2. The van der Waals surface area contributed by atoms with Crippen LogP contribution < -0.4 is 5.32 Å². The second-order valence-corrected chi connectivity index (χ2v) is 6.02. The van der Waals surface area contributed by atoms with Gasteiger partial charge in [0.15, 0.2) is 0 Å². The Bertz CT molecular complexity index is 439. The molecule has 0 aliphatic heterocycles. The number of ether oxygens (including phenoxy) is 1. The molecule has 2 atom stereocenters. The summed E-state index contributed by atoms with van der Waals surface area (Å²) in [5, 5.41) is 2.43. The van der Waals surface area contributed by atoms with Gasteiger partial charge in [0.2, 0.25) is 5.91 Å². The maximum atomic E-state index is 11.5. The standard InChI is InChI=1S/C12H22NO8P/c1-9(14)4-5-12(16)13-6-7-19-22(17,18)20-8-10(2)21-11(3)15/h10H,4-8H2,1-3H3,(H,13,16)(H,17,18). The van der Waals surface area contributed by atoms with Gasteiger partial charge in [-0.1, -0.05) is 0 Å². The Morgan fingerprint density at radius 1 is 1.18 bits per heavy atom. The number of amides is 1. The molecule has 0 fully saturated rings. The largest absolute Gasteiger partial charge is 0.472 e. The predicted molar refractivity (Wildman–Crippen MR) is 75.9 cm³/mol. The molecule has 1 amide bonds. The first-order chi connectivity index (χ1) is 10.1. The van der Waals surface area contributed by atoms with Crippen molar-refractivity contribution in [3.8, 4) is 0 Å². The average molecular weight is 339 g/mol. The minimum absolute atomic E-state index is 0.00411. The summed E-state index contributed by atoms with van der Waals surface area (Å²) in [6.45, 7) is 3.56.